The molecular weight excluding hydrogens is 240 g/mol. The van der Waals surface area contributed by atoms with Crippen LogP contribution in [0, 0.1) is 0 Å². The first kappa shape index (κ1) is 13.6. The van der Waals surface area contributed by atoms with E-state index in [1.54, 1.807) is 30.9 Å². The number of para-hydroxylation sites is 1. The molecule has 0 spiro atoms. The average molecular weight is 260 g/mol. The average Bonchev–Trinajstić information content (AvgIpc) is 2.59. The summed E-state index contributed by atoms with van der Waals surface area (Å²) in [6, 6.07) is 7.81. The summed E-state index contributed by atoms with van der Waals surface area (Å²) in [5.41, 5.74) is 1.39. The number of carbonyl (C=O) groups excluding carboxylic acids is 2. The van der Waals surface area contributed by atoms with E-state index in [-0.39, 0.29) is 11.8 Å². The van der Waals surface area contributed by atoms with Crippen LogP contribution < -0.4 is 4.90 Å². The molecule has 1 heterocycles. The maximum Gasteiger partial charge on any atom is 0.237 e. The van der Waals surface area contributed by atoms with Gasteiger partial charge >= 0.3 is 0 Å². The monoisotopic (exact) mass is 260 g/mol. The molecule has 1 unspecified atom stereocenters. The summed E-state index contributed by atoms with van der Waals surface area (Å²) >= 11 is 0. The first-order valence-corrected chi connectivity index (χ1v) is 6.46. The van der Waals surface area contributed by atoms with Crippen LogP contribution in [0.25, 0.3) is 0 Å². The Hall–Kier alpha value is -1.84. The maximum atomic E-state index is 12.5. The van der Waals surface area contributed by atoms with Gasteiger partial charge in [0.15, 0.2) is 0 Å². The van der Waals surface area contributed by atoms with Crippen LogP contribution in [-0.2, 0) is 15.0 Å². The summed E-state index contributed by atoms with van der Waals surface area (Å²) in [6.45, 7) is 1.93. The SMILES string of the molecule is CN(C)C(=O)CCC1(C)C(=O)N(C)c2ccccc21. The zero-order valence-corrected chi connectivity index (χ0v) is 11.9. The number of nitrogens with zero attached hydrogens (tertiary/aromatic N) is 2. The standard InChI is InChI=1S/C15H20N2O2/c1-15(10-9-13(18)16(2)3)11-7-5-6-8-12(11)17(4)14(15)19/h5-8H,9-10H2,1-4H3. The first-order valence-electron chi connectivity index (χ1n) is 6.46. The minimum Gasteiger partial charge on any atom is -0.349 e. The Bertz CT molecular complexity index is 525. The quantitative estimate of drug-likeness (QED) is 0.831. The van der Waals surface area contributed by atoms with Gasteiger partial charge in [-0.05, 0) is 25.0 Å². The Morgan fingerprint density at radius 2 is 1.95 bits per heavy atom. The maximum absolute atomic E-state index is 12.5. The highest BCUT2D eigenvalue weighted by Gasteiger charge is 2.45. The Balaban J connectivity index is 2.28. The molecule has 0 aromatic heterocycles. The number of hydrogen-bond donors (Lipinski definition) is 0. The predicted molar refractivity (Wildman–Crippen MR) is 75.1 cm³/mol. The van der Waals surface area contributed by atoms with Crippen molar-refractivity contribution < 1.29 is 9.59 Å². The van der Waals surface area contributed by atoms with E-state index in [0.29, 0.717) is 12.8 Å². The van der Waals surface area contributed by atoms with E-state index in [0.717, 1.165) is 11.3 Å². The Morgan fingerprint density at radius 3 is 2.58 bits per heavy atom. The lowest BCUT2D eigenvalue weighted by Crippen LogP contribution is -2.37. The van der Waals surface area contributed by atoms with Gasteiger partial charge in [0.1, 0.15) is 0 Å². The van der Waals surface area contributed by atoms with Gasteiger partial charge in [0.25, 0.3) is 0 Å². The molecule has 1 atom stereocenters. The first-order chi connectivity index (χ1) is 8.88. The molecule has 4 heteroatoms. The van der Waals surface area contributed by atoms with E-state index >= 15 is 0 Å². The molecule has 0 saturated heterocycles. The number of benzene rings is 1. The number of rotatable bonds is 3. The number of anilines is 1. The molecule has 2 rings (SSSR count). The summed E-state index contributed by atoms with van der Waals surface area (Å²) in [7, 11) is 5.27. The van der Waals surface area contributed by atoms with Crippen molar-refractivity contribution in [1.82, 2.24) is 4.90 Å². The zero-order valence-electron chi connectivity index (χ0n) is 11.9. The van der Waals surface area contributed by atoms with Crippen molar-refractivity contribution in [3.8, 4) is 0 Å². The molecule has 4 nitrogen and oxygen atoms in total. The van der Waals surface area contributed by atoms with E-state index in [9.17, 15) is 9.59 Å². The van der Waals surface area contributed by atoms with Crippen LogP contribution in [0.3, 0.4) is 0 Å². The van der Waals surface area contributed by atoms with Gasteiger partial charge in [-0.2, -0.15) is 0 Å². The van der Waals surface area contributed by atoms with Gasteiger partial charge in [-0.15, -0.1) is 0 Å². The highest BCUT2D eigenvalue weighted by atomic mass is 16.2. The summed E-state index contributed by atoms with van der Waals surface area (Å²) in [6.07, 6.45) is 0.932. The highest BCUT2D eigenvalue weighted by molar-refractivity contribution is 6.07. The van der Waals surface area contributed by atoms with Gasteiger partial charge < -0.3 is 9.80 Å². The van der Waals surface area contributed by atoms with Crippen molar-refractivity contribution in [2.75, 3.05) is 26.0 Å². The highest BCUT2D eigenvalue weighted by Crippen LogP contribution is 2.43. The topological polar surface area (TPSA) is 40.6 Å². The third-order valence-electron chi connectivity index (χ3n) is 3.97. The van der Waals surface area contributed by atoms with Crippen LogP contribution in [0.4, 0.5) is 5.69 Å². The van der Waals surface area contributed by atoms with Crippen molar-refractivity contribution in [3.05, 3.63) is 29.8 Å². The number of amides is 2. The van der Waals surface area contributed by atoms with Gasteiger partial charge in [-0.3, -0.25) is 9.59 Å². The molecule has 2 amide bonds. The Kier molecular flexibility index (Phi) is 3.35. The molecule has 1 aromatic carbocycles. The van der Waals surface area contributed by atoms with Crippen molar-refractivity contribution >= 4 is 17.5 Å². The van der Waals surface area contributed by atoms with Crippen LogP contribution in [-0.4, -0.2) is 37.9 Å². The molecule has 19 heavy (non-hydrogen) atoms. The van der Waals surface area contributed by atoms with Crippen molar-refractivity contribution in [2.24, 2.45) is 0 Å². The molecule has 0 N–H and O–H groups in total. The molecule has 1 aliphatic rings. The van der Waals surface area contributed by atoms with Crippen LogP contribution >= 0.6 is 0 Å². The van der Waals surface area contributed by atoms with Crippen molar-refractivity contribution in [2.45, 2.75) is 25.2 Å². The molecule has 1 aliphatic heterocycles. The summed E-state index contributed by atoms with van der Waals surface area (Å²) in [5, 5.41) is 0. The Labute approximate surface area is 114 Å². The van der Waals surface area contributed by atoms with Gasteiger partial charge in [0.05, 0.1) is 5.41 Å². The molecule has 0 fully saturated rings. The molecular formula is C15H20N2O2. The van der Waals surface area contributed by atoms with Gasteiger partial charge in [-0.25, -0.2) is 0 Å². The number of fused-ring (bicyclic) bond motifs is 1. The normalized spacial score (nSPS) is 21.5. The fourth-order valence-corrected chi connectivity index (χ4v) is 2.65. The Morgan fingerprint density at radius 1 is 1.32 bits per heavy atom. The van der Waals surface area contributed by atoms with Gasteiger partial charge in [-0.1, -0.05) is 18.2 Å². The lowest BCUT2D eigenvalue weighted by Gasteiger charge is -2.23. The minimum absolute atomic E-state index is 0.0565. The second kappa shape index (κ2) is 4.68. The predicted octanol–water partition coefficient (Wildman–Crippen LogP) is 1.79. The molecule has 0 aliphatic carbocycles. The second-order valence-corrected chi connectivity index (χ2v) is 5.50. The summed E-state index contributed by atoms with van der Waals surface area (Å²) < 4.78 is 0. The molecule has 1 aromatic rings. The number of carbonyl (C=O) groups is 2. The zero-order chi connectivity index (χ0) is 14.2. The van der Waals surface area contributed by atoms with E-state index in [1.807, 2.05) is 31.2 Å². The fourth-order valence-electron chi connectivity index (χ4n) is 2.65. The van der Waals surface area contributed by atoms with Crippen LogP contribution in [0.1, 0.15) is 25.3 Å². The summed E-state index contributed by atoms with van der Waals surface area (Å²) in [4.78, 5) is 27.5. The lowest BCUT2D eigenvalue weighted by atomic mass is 9.79. The lowest BCUT2D eigenvalue weighted by molar-refractivity contribution is -0.129. The third kappa shape index (κ3) is 2.11. The number of hydrogen-bond acceptors (Lipinski definition) is 2. The fraction of sp³-hybridized carbons (Fsp3) is 0.467. The molecule has 0 bridgehead atoms. The third-order valence-corrected chi connectivity index (χ3v) is 3.97. The van der Waals surface area contributed by atoms with Crippen molar-refractivity contribution in [1.29, 1.82) is 0 Å². The molecule has 0 radical (unpaired) electrons. The smallest absolute Gasteiger partial charge is 0.237 e. The second-order valence-electron chi connectivity index (χ2n) is 5.50. The van der Waals surface area contributed by atoms with Crippen LogP contribution in [0.15, 0.2) is 24.3 Å². The number of likely N-dealkylation sites (N-methyl/N-ethyl adjacent to an activating group) is 1. The van der Waals surface area contributed by atoms with E-state index in [2.05, 4.69) is 0 Å². The largest absolute Gasteiger partial charge is 0.349 e. The molecule has 0 saturated carbocycles. The summed E-state index contributed by atoms with van der Waals surface area (Å²) in [5.74, 6) is 0.126. The van der Waals surface area contributed by atoms with Crippen LogP contribution in [0.2, 0.25) is 0 Å². The van der Waals surface area contributed by atoms with Gasteiger partial charge in [0, 0.05) is 33.3 Å². The van der Waals surface area contributed by atoms with E-state index in [1.165, 1.54) is 0 Å². The van der Waals surface area contributed by atoms with E-state index in [4.69, 9.17) is 0 Å². The van der Waals surface area contributed by atoms with E-state index < -0.39 is 5.41 Å². The minimum atomic E-state index is -0.586. The van der Waals surface area contributed by atoms with Crippen molar-refractivity contribution in [3.63, 3.8) is 0 Å². The van der Waals surface area contributed by atoms with Crippen LogP contribution in [0.5, 0.6) is 0 Å². The van der Waals surface area contributed by atoms with Gasteiger partial charge in [0.2, 0.25) is 11.8 Å². The molecule has 102 valence electrons.